The SMILES string of the molecule is c1ccc(Nc2cc(-c3ccc(-c4nc5ccccc5nc4-c4ccc(-c5cc(Nc6ccccc6)cc6c7ccccc7n(-c7ccccc7)c56)cc4)cc3)c3c(c2)c2ccccc2n3-c2ccccc2)cc1. The second kappa shape index (κ2) is 18.0. The number of fused-ring (bicyclic) bond motifs is 7. The van der Waals surface area contributed by atoms with E-state index in [1.807, 2.05) is 36.4 Å². The second-order valence-electron chi connectivity index (χ2n) is 18.8. The topological polar surface area (TPSA) is 59.7 Å². The van der Waals surface area contributed by atoms with Gasteiger partial charge in [-0.15, -0.1) is 0 Å². The van der Waals surface area contributed by atoms with Gasteiger partial charge in [0, 0.05) is 77.9 Å². The largest absolute Gasteiger partial charge is 0.355 e. The first kappa shape index (κ1) is 42.8. The van der Waals surface area contributed by atoms with Crippen LogP contribution in [0, 0.1) is 0 Å². The molecule has 0 aliphatic rings. The summed E-state index contributed by atoms with van der Waals surface area (Å²) in [7, 11) is 0. The minimum Gasteiger partial charge on any atom is -0.355 e. The molecule has 0 aliphatic heterocycles. The predicted molar refractivity (Wildman–Crippen MR) is 309 cm³/mol. The molecule has 6 heteroatoms. The molecule has 0 saturated carbocycles. The van der Waals surface area contributed by atoms with E-state index in [1.165, 1.54) is 21.5 Å². The highest BCUT2D eigenvalue weighted by molar-refractivity contribution is 6.16. The van der Waals surface area contributed by atoms with E-state index in [-0.39, 0.29) is 0 Å². The zero-order valence-electron chi connectivity index (χ0n) is 40.2. The van der Waals surface area contributed by atoms with E-state index >= 15 is 0 Å². The first-order valence-electron chi connectivity index (χ1n) is 25.1. The smallest absolute Gasteiger partial charge is 0.0973 e. The van der Waals surface area contributed by atoms with E-state index < -0.39 is 0 Å². The molecule has 11 aromatic carbocycles. The molecule has 0 radical (unpaired) electrons. The molecular weight excluding hydrogens is 901 g/mol. The lowest BCUT2D eigenvalue weighted by Gasteiger charge is -2.16. The lowest BCUT2D eigenvalue weighted by Crippen LogP contribution is -1.98. The normalized spacial score (nSPS) is 11.5. The molecule has 3 aromatic heterocycles. The lowest BCUT2D eigenvalue weighted by atomic mass is 9.96. The van der Waals surface area contributed by atoms with Gasteiger partial charge in [-0.25, -0.2) is 9.97 Å². The van der Waals surface area contributed by atoms with Crippen molar-refractivity contribution in [2.24, 2.45) is 0 Å². The molecule has 0 saturated heterocycles. The van der Waals surface area contributed by atoms with Crippen LogP contribution >= 0.6 is 0 Å². The predicted octanol–water partition coefficient (Wildman–Crippen LogP) is 18.0. The molecule has 0 atom stereocenters. The van der Waals surface area contributed by atoms with Crippen molar-refractivity contribution in [1.82, 2.24) is 19.1 Å². The molecule has 14 aromatic rings. The molecule has 0 amide bonds. The molecule has 0 spiro atoms. The third-order valence-electron chi connectivity index (χ3n) is 14.2. The number of anilines is 4. The van der Waals surface area contributed by atoms with Crippen LogP contribution in [0.3, 0.4) is 0 Å². The van der Waals surface area contributed by atoms with Crippen molar-refractivity contribution < 1.29 is 0 Å². The molecular formula is C68H46N6. The third kappa shape index (κ3) is 7.52. The summed E-state index contributed by atoms with van der Waals surface area (Å²) in [4.78, 5) is 10.7. The van der Waals surface area contributed by atoms with Crippen molar-refractivity contribution in [3.8, 4) is 56.1 Å². The van der Waals surface area contributed by atoms with Crippen LogP contribution in [-0.2, 0) is 0 Å². The van der Waals surface area contributed by atoms with E-state index in [4.69, 9.17) is 9.97 Å². The van der Waals surface area contributed by atoms with Crippen LogP contribution in [0.1, 0.15) is 0 Å². The van der Waals surface area contributed by atoms with Crippen molar-refractivity contribution in [3.63, 3.8) is 0 Å². The summed E-state index contributed by atoms with van der Waals surface area (Å²) in [5, 5.41) is 12.2. The molecule has 0 aliphatic carbocycles. The lowest BCUT2D eigenvalue weighted by molar-refractivity contribution is 1.18. The fourth-order valence-electron chi connectivity index (χ4n) is 10.9. The molecule has 348 valence electrons. The Morgan fingerprint density at radius 3 is 1.01 bits per heavy atom. The number of para-hydroxylation sites is 8. The van der Waals surface area contributed by atoms with E-state index in [9.17, 15) is 0 Å². The van der Waals surface area contributed by atoms with Crippen molar-refractivity contribution in [3.05, 3.63) is 267 Å². The average molecular weight is 947 g/mol. The van der Waals surface area contributed by atoms with Gasteiger partial charge in [-0.05, 0) is 108 Å². The quantitative estimate of drug-likeness (QED) is 0.143. The summed E-state index contributed by atoms with van der Waals surface area (Å²) in [6.07, 6.45) is 0. The first-order chi connectivity index (χ1) is 36.7. The molecule has 74 heavy (non-hydrogen) atoms. The Balaban J connectivity index is 0.910. The summed E-state index contributed by atoms with van der Waals surface area (Å²) in [6, 6.07) is 94.6. The zero-order chi connectivity index (χ0) is 49.0. The van der Waals surface area contributed by atoms with Crippen LogP contribution in [0.2, 0.25) is 0 Å². The third-order valence-corrected chi connectivity index (χ3v) is 14.2. The Bertz CT molecular complexity index is 4090. The minimum absolute atomic E-state index is 0.826. The van der Waals surface area contributed by atoms with Crippen LogP contribution in [-0.4, -0.2) is 19.1 Å². The molecule has 0 fully saturated rings. The summed E-state index contributed by atoms with van der Waals surface area (Å²) in [6.45, 7) is 0. The Labute approximate surface area is 428 Å². The molecule has 2 N–H and O–H groups in total. The number of hydrogen-bond acceptors (Lipinski definition) is 4. The van der Waals surface area contributed by atoms with Gasteiger partial charge in [0.2, 0.25) is 0 Å². The number of benzene rings is 11. The van der Waals surface area contributed by atoms with Gasteiger partial charge >= 0.3 is 0 Å². The summed E-state index contributed by atoms with van der Waals surface area (Å²) in [5.74, 6) is 0. The second-order valence-corrected chi connectivity index (χ2v) is 18.8. The van der Waals surface area contributed by atoms with Gasteiger partial charge in [0.25, 0.3) is 0 Å². The van der Waals surface area contributed by atoms with E-state index in [0.29, 0.717) is 0 Å². The fraction of sp³-hybridized carbons (Fsp3) is 0. The Kier molecular flexibility index (Phi) is 10.4. The van der Waals surface area contributed by atoms with Crippen LogP contribution in [0.15, 0.2) is 267 Å². The highest BCUT2D eigenvalue weighted by Gasteiger charge is 2.22. The Morgan fingerprint density at radius 1 is 0.270 bits per heavy atom. The summed E-state index contributed by atoms with van der Waals surface area (Å²) < 4.78 is 4.80. The fourth-order valence-corrected chi connectivity index (χ4v) is 10.9. The van der Waals surface area contributed by atoms with Gasteiger partial charge in [-0.3, -0.25) is 0 Å². The summed E-state index contributed by atoms with van der Waals surface area (Å²) >= 11 is 0. The zero-order valence-corrected chi connectivity index (χ0v) is 40.2. The number of aromatic nitrogens is 4. The van der Waals surface area contributed by atoms with Gasteiger partial charge in [0.1, 0.15) is 0 Å². The van der Waals surface area contributed by atoms with Crippen LogP contribution in [0.4, 0.5) is 22.7 Å². The number of nitrogens with one attached hydrogen (secondary N) is 2. The number of rotatable bonds is 10. The van der Waals surface area contributed by atoms with Crippen molar-refractivity contribution >= 4 is 77.4 Å². The van der Waals surface area contributed by atoms with E-state index in [1.54, 1.807) is 0 Å². The van der Waals surface area contributed by atoms with Crippen molar-refractivity contribution in [2.75, 3.05) is 10.6 Å². The van der Waals surface area contributed by atoms with Crippen LogP contribution < -0.4 is 10.6 Å². The van der Waals surface area contributed by atoms with E-state index in [0.717, 1.165) is 112 Å². The monoisotopic (exact) mass is 946 g/mol. The van der Waals surface area contributed by atoms with Gasteiger partial charge < -0.3 is 19.8 Å². The standard InChI is InChI=1S/C68H46N6/c1-5-19-49(20-6-1)69-51-41-57(67-59(43-51)55-27-13-17-31-63(55)73(67)53-23-9-3-10-24-53)45-33-37-47(38-34-45)65-66(72-62-30-16-15-29-61(62)71-65)48-39-35-46(36-40-48)58-42-52(70-50-21-7-2-8-22-50)44-60-56-28-14-18-32-64(56)74(68(58)60)54-25-11-4-12-26-54/h1-44,69-70H. The highest BCUT2D eigenvalue weighted by atomic mass is 15.0. The maximum Gasteiger partial charge on any atom is 0.0973 e. The van der Waals surface area contributed by atoms with Crippen LogP contribution in [0.25, 0.3) is 111 Å². The molecule has 0 unspecified atom stereocenters. The average Bonchev–Trinajstić information content (AvgIpc) is 4.02. The molecule has 0 bridgehead atoms. The maximum absolute atomic E-state index is 5.37. The van der Waals surface area contributed by atoms with Gasteiger partial charge in [0.05, 0.1) is 44.5 Å². The molecule has 14 rings (SSSR count). The Morgan fingerprint density at radius 2 is 0.608 bits per heavy atom. The summed E-state index contributed by atoms with van der Waals surface area (Å²) in [5.41, 5.74) is 20.7. The van der Waals surface area contributed by atoms with Gasteiger partial charge in [0.15, 0.2) is 0 Å². The Hall–Kier alpha value is -10.0. The highest BCUT2D eigenvalue weighted by Crippen LogP contribution is 2.44. The molecule has 6 nitrogen and oxygen atoms in total. The van der Waals surface area contributed by atoms with Crippen molar-refractivity contribution in [2.45, 2.75) is 0 Å². The minimum atomic E-state index is 0.826. The number of nitrogens with zero attached hydrogens (tertiary/aromatic N) is 4. The maximum atomic E-state index is 5.37. The van der Waals surface area contributed by atoms with E-state index in [2.05, 4.69) is 250 Å². The molecule has 3 heterocycles. The van der Waals surface area contributed by atoms with Crippen LogP contribution in [0.5, 0.6) is 0 Å². The number of hydrogen-bond donors (Lipinski definition) is 2. The van der Waals surface area contributed by atoms with Crippen molar-refractivity contribution in [1.29, 1.82) is 0 Å². The first-order valence-corrected chi connectivity index (χ1v) is 25.1. The van der Waals surface area contributed by atoms with Gasteiger partial charge in [-0.1, -0.05) is 170 Å². The van der Waals surface area contributed by atoms with Gasteiger partial charge in [-0.2, -0.15) is 0 Å².